The Bertz CT molecular complexity index is 1190. The van der Waals surface area contributed by atoms with Gasteiger partial charge in [0.15, 0.2) is 22.8 Å². The van der Waals surface area contributed by atoms with Crippen LogP contribution in [-0.2, 0) is 19.1 Å². The van der Waals surface area contributed by atoms with Crippen LogP contribution in [0.5, 0.6) is 0 Å². The lowest BCUT2D eigenvalue weighted by molar-refractivity contribution is -0.182. The maximum atomic E-state index is 15.2. The molecule has 4 nitrogen and oxygen atoms in total. The first-order valence-electron chi connectivity index (χ1n) is 14.6. The van der Waals surface area contributed by atoms with Crippen LogP contribution in [0.25, 0.3) is 0 Å². The van der Waals surface area contributed by atoms with Crippen molar-refractivity contribution < 1.29 is 19.1 Å². The van der Waals surface area contributed by atoms with Gasteiger partial charge < -0.3 is 4.74 Å². The fourth-order valence-electron chi connectivity index (χ4n) is 7.03. The molecule has 2 bridgehead atoms. The van der Waals surface area contributed by atoms with Crippen molar-refractivity contribution in [1.29, 1.82) is 0 Å². The number of rotatable bonds is 9. The van der Waals surface area contributed by atoms with E-state index in [1.54, 1.807) is 0 Å². The van der Waals surface area contributed by atoms with E-state index in [1.165, 1.54) is 11.1 Å². The second-order valence-electron chi connectivity index (χ2n) is 13.9. The molecule has 1 aliphatic heterocycles. The van der Waals surface area contributed by atoms with Crippen LogP contribution in [0.4, 0.5) is 0 Å². The Morgan fingerprint density at radius 2 is 1.56 bits per heavy atom. The summed E-state index contributed by atoms with van der Waals surface area (Å²) in [5.74, 6) is -0.888. The summed E-state index contributed by atoms with van der Waals surface area (Å²) in [5.41, 5.74) is -0.417. The van der Waals surface area contributed by atoms with Crippen molar-refractivity contribution in [2.24, 2.45) is 28.1 Å². The molecule has 214 valence electrons. The quantitative estimate of drug-likeness (QED) is 0.220. The average Bonchev–Trinajstić information content (AvgIpc) is 2.81. The minimum absolute atomic E-state index is 0.0560. The predicted molar refractivity (Wildman–Crippen MR) is 159 cm³/mol. The third kappa shape index (κ3) is 5.09. The largest absolute Gasteiger partial charge is 0.486 e. The van der Waals surface area contributed by atoms with Gasteiger partial charge in [-0.05, 0) is 111 Å². The number of ketones is 3. The Hall–Kier alpha value is -2.49. The SMILES string of the molecule is CC(C)=CCC[C@]1(C)C(CC=C(C)C)C[C@@]2(CC=C(C)C)C(=O)[C@]1(C(=O)C(C)C)C(=O)C1=C2OC(C)(C)C=C1. The summed E-state index contributed by atoms with van der Waals surface area (Å²) in [4.78, 5) is 44.7. The van der Waals surface area contributed by atoms with Gasteiger partial charge in [-0.2, -0.15) is 0 Å². The molecule has 3 aliphatic rings. The van der Waals surface area contributed by atoms with E-state index in [-0.39, 0.29) is 23.3 Å². The molecule has 0 aromatic carbocycles. The monoisotopic (exact) mass is 534 g/mol. The predicted octanol–water partition coefficient (Wildman–Crippen LogP) is 8.44. The highest BCUT2D eigenvalue weighted by Gasteiger charge is 2.76. The molecule has 0 spiro atoms. The number of carbonyl (C=O) groups is 3. The first kappa shape index (κ1) is 31.0. The van der Waals surface area contributed by atoms with E-state index in [1.807, 2.05) is 53.7 Å². The molecule has 4 atom stereocenters. The van der Waals surface area contributed by atoms with Crippen molar-refractivity contribution in [2.75, 3.05) is 0 Å². The van der Waals surface area contributed by atoms with Crippen molar-refractivity contribution in [3.05, 3.63) is 58.4 Å². The van der Waals surface area contributed by atoms with Crippen molar-refractivity contribution in [3.8, 4) is 0 Å². The number of ether oxygens (including phenoxy) is 1. The molecular formula is C35H50O4. The summed E-state index contributed by atoms with van der Waals surface area (Å²) in [5, 5.41) is 0. The van der Waals surface area contributed by atoms with Gasteiger partial charge in [-0.1, -0.05) is 55.7 Å². The van der Waals surface area contributed by atoms with E-state index in [0.717, 1.165) is 5.57 Å². The molecular weight excluding hydrogens is 484 g/mol. The third-order valence-electron chi connectivity index (χ3n) is 9.19. The fraction of sp³-hybridized carbons (Fsp3) is 0.629. The first-order chi connectivity index (χ1) is 18.0. The lowest BCUT2D eigenvalue weighted by atomic mass is 9.38. The van der Waals surface area contributed by atoms with Gasteiger partial charge in [0.25, 0.3) is 0 Å². The molecule has 1 unspecified atom stereocenters. The fourth-order valence-corrected chi connectivity index (χ4v) is 7.03. The zero-order valence-electron chi connectivity index (χ0n) is 26.2. The maximum Gasteiger partial charge on any atom is 0.187 e. The van der Waals surface area contributed by atoms with E-state index >= 15 is 4.79 Å². The van der Waals surface area contributed by atoms with Gasteiger partial charge in [0.05, 0.1) is 11.0 Å². The standard InChI is InChI=1S/C35H50O4/c1-22(2)13-12-18-33(11)26(15-14-23(3)4)21-34(20-16-24(5)6)30-27(17-19-32(9,10)39-30)29(37)35(33,31(34)38)28(36)25(7)8/h13-14,16-17,19,25-26H,12,15,18,20-21H2,1-11H3/t26?,33-,34-,35+/m1/s1. The number of allylic oxidation sites excluding steroid dienone is 9. The van der Waals surface area contributed by atoms with E-state index in [0.29, 0.717) is 43.4 Å². The molecule has 1 saturated carbocycles. The van der Waals surface area contributed by atoms with E-state index in [4.69, 9.17) is 4.74 Å². The van der Waals surface area contributed by atoms with Gasteiger partial charge >= 0.3 is 0 Å². The van der Waals surface area contributed by atoms with Crippen LogP contribution in [-0.4, -0.2) is 23.0 Å². The Morgan fingerprint density at radius 3 is 2.10 bits per heavy atom. The molecule has 3 rings (SSSR count). The van der Waals surface area contributed by atoms with Gasteiger partial charge in [-0.25, -0.2) is 0 Å². The molecule has 2 aliphatic carbocycles. The van der Waals surface area contributed by atoms with E-state index in [2.05, 4.69) is 52.8 Å². The highest BCUT2D eigenvalue weighted by Crippen LogP contribution is 2.68. The van der Waals surface area contributed by atoms with Crippen LogP contribution in [0, 0.1) is 28.1 Å². The van der Waals surface area contributed by atoms with Crippen molar-refractivity contribution in [2.45, 2.75) is 114 Å². The molecule has 0 aromatic heterocycles. The molecule has 0 aromatic rings. The summed E-state index contributed by atoms with van der Waals surface area (Å²) >= 11 is 0. The summed E-state index contributed by atoms with van der Waals surface area (Å²) < 4.78 is 6.57. The van der Waals surface area contributed by atoms with Gasteiger partial charge in [-0.3, -0.25) is 14.4 Å². The molecule has 0 N–H and O–H groups in total. The zero-order valence-corrected chi connectivity index (χ0v) is 26.2. The van der Waals surface area contributed by atoms with Gasteiger partial charge in [0.1, 0.15) is 11.4 Å². The molecule has 0 saturated heterocycles. The Kier molecular flexibility index (Phi) is 8.61. The first-order valence-corrected chi connectivity index (χ1v) is 14.6. The summed E-state index contributed by atoms with van der Waals surface area (Å²) in [7, 11) is 0. The van der Waals surface area contributed by atoms with E-state index in [9.17, 15) is 9.59 Å². The van der Waals surface area contributed by atoms with Crippen molar-refractivity contribution in [3.63, 3.8) is 0 Å². The van der Waals surface area contributed by atoms with Crippen LogP contribution in [0.2, 0.25) is 0 Å². The van der Waals surface area contributed by atoms with Crippen LogP contribution in [0.3, 0.4) is 0 Å². The molecule has 4 heteroatoms. The van der Waals surface area contributed by atoms with Crippen LogP contribution in [0.1, 0.15) is 108 Å². The Labute approximate surface area is 236 Å². The number of Topliss-reactive ketones (excluding diaryl/α,β-unsaturated/α-hetero) is 3. The molecule has 1 fully saturated rings. The normalized spacial score (nSPS) is 30.9. The van der Waals surface area contributed by atoms with Crippen molar-refractivity contribution in [1.82, 2.24) is 0 Å². The zero-order chi connectivity index (χ0) is 29.6. The number of hydrogen-bond donors (Lipinski definition) is 0. The lowest BCUT2D eigenvalue weighted by Gasteiger charge is -2.62. The van der Waals surface area contributed by atoms with E-state index < -0.39 is 27.8 Å². The second-order valence-corrected chi connectivity index (χ2v) is 13.9. The number of carbonyl (C=O) groups excluding carboxylic acids is 3. The lowest BCUT2D eigenvalue weighted by Crippen LogP contribution is -2.71. The smallest absolute Gasteiger partial charge is 0.187 e. The summed E-state index contributed by atoms with van der Waals surface area (Å²) in [6.45, 7) is 21.9. The maximum absolute atomic E-state index is 15.2. The van der Waals surface area contributed by atoms with Crippen LogP contribution < -0.4 is 0 Å². The van der Waals surface area contributed by atoms with Gasteiger partial charge in [0, 0.05) is 5.92 Å². The molecule has 0 radical (unpaired) electrons. The topological polar surface area (TPSA) is 60.4 Å². The third-order valence-corrected chi connectivity index (χ3v) is 9.19. The van der Waals surface area contributed by atoms with Gasteiger partial charge in [-0.15, -0.1) is 0 Å². The highest BCUT2D eigenvalue weighted by molar-refractivity contribution is 6.34. The summed E-state index contributed by atoms with van der Waals surface area (Å²) in [6, 6.07) is 0. The van der Waals surface area contributed by atoms with Crippen LogP contribution in [0.15, 0.2) is 58.4 Å². The number of fused-ring (bicyclic) bond motifs is 3. The average molecular weight is 535 g/mol. The number of hydrogen-bond acceptors (Lipinski definition) is 4. The van der Waals surface area contributed by atoms with Crippen molar-refractivity contribution >= 4 is 17.3 Å². The molecule has 1 heterocycles. The Balaban J connectivity index is 2.47. The second kappa shape index (κ2) is 10.8. The van der Waals surface area contributed by atoms with Crippen LogP contribution >= 0.6 is 0 Å². The minimum atomic E-state index is -1.75. The minimum Gasteiger partial charge on any atom is -0.486 e. The van der Waals surface area contributed by atoms with Gasteiger partial charge in [0.2, 0.25) is 0 Å². The summed E-state index contributed by atoms with van der Waals surface area (Å²) in [6.07, 6.45) is 13.2. The molecule has 39 heavy (non-hydrogen) atoms. The highest BCUT2D eigenvalue weighted by atomic mass is 16.5. The molecule has 0 amide bonds. The Morgan fingerprint density at radius 1 is 0.974 bits per heavy atom.